The molecule has 0 saturated carbocycles. The number of aliphatic hydroxyl groups is 5. The summed E-state index contributed by atoms with van der Waals surface area (Å²) in [7, 11) is 3.88. The Morgan fingerprint density at radius 3 is 2.10 bits per heavy atom. The number of rotatable bonds is 6. The second kappa shape index (κ2) is 17.6. The van der Waals surface area contributed by atoms with Crippen LogP contribution in [0.4, 0.5) is 0 Å². The Morgan fingerprint density at radius 2 is 1.65 bits per heavy atom. The summed E-state index contributed by atoms with van der Waals surface area (Å²) in [6.07, 6.45) is -8.62. The van der Waals surface area contributed by atoms with Gasteiger partial charge in [0.1, 0.15) is 18.3 Å². The average molecular weight is 717 g/mol. The van der Waals surface area contributed by atoms with Crippen LogP contribution >= 0.6 is 40.0 Å². The average Bonchev–Trinajstić information content (AvgIpc) is 2.72. The predicted molar refractivity (Wildman–Crippen MR) is 121 cm³/mol. The molecule has 9 atom stereocenters. The van der Waals surface area contributed by atoms with Gasteiger partial charge in [0.25, 0.3) is 0 Å². The Balaban J connectivity index is 0.00000134. The molecule has 11 nitrogen and oxygen atoms in total. The van der Waals surface area contributed by atoms with Crippen LogP contribution in [-0.2, 0) is 33.2 Å². The molecule has 6 unspecified atom stereocenters. The molecule has 0 bridgehead atoms. The molecule has 0 aliphatic carbocycles. The summed E-state index contributed by atoms with van der Waals surface area (Å²) in [6, 6.07) is 0. The number of hydrogen-bond acceptors (Lipinski definition) is 10. The molecule has 0 amide bonds. The van der Waals surface area contributed by atoms with Crippen LogP contribution in [0.1, 0.15) is 13.3 Å². The van der Waals surface area contributed by atoms with Crippen LogP contribution < -0.4 is 0 Å². The second-order valence-electron chi connectivity index (χ2n) is 6.92. The molecule has 2 fully saturated rings. The van der Waals surface area contributed by atoms with E-state index in [-0.39, 0.29) is 13.2 Å². The Bertz CT molecular complexity index is 491. The fraction of sp³-hybridized carbons (Fsp3) is 0.941. The normalized spacial score (nSPS) is 37.5. The van der Waals surface area contributed by atoms with Crippen LogP contribution in [0.2, 0.25) is 0 Å². The van der Waals surface area contributed by atoms with Crippen LogP contribution in [-0.4, -0.2) is 114 Å². The summed E-state index contributed by atoms with van der Waals surface area (Å²) in [4.78, 5) is 11.3. The van der Waals surface area contributed by atoms with Crippen molar-refractivity contribution >= 4 is 45.9 Å². The summed E-state index contributed by atoms with van der Waals surface area (Å²) < 4.78 is 20.1. The Hall–Kier alpha value is 1.15. The van der Waals surface area contributed by atoms with Gasteiger partial charge in [0.15, 0.2) is 12.4 Å². The van der Waals surface area contributed by atoms with E-state index in [2.05, 4.69) is 44.7 Å². The van der Waals surface area contributed by atoms with Crippen LogP contribution in [0, 0.1) is 11.8 Å². The van der Waals surface area contributed by atoms with Crippen molar-refractivity contribution in [3.63, 3.8) is 0 Å². The zero-order valence-corrected chi connectivity index (χ0v) is 23.2. The SMILES string of the molecule is CC[C@@H]1C(C(=O)O)O[C@@H](OCC2COC(CO)[C@@H](O)C2O)C(O)C1O.COC.[I][V][I]. The molecule has 0 aromatic carbocycles. The molecule has 185 valence electrons. The number of methoxy groups -OCH3 is 1. The van der Waals surface area contributed by atoms with Crippen molar-refractivity contribution in [3.05, 3.63) is 0 Å². The van der Waals surface area contributed by atoms with Crippen molar-refractivity contribution in [1.82, 2.24) is 0 Å². The van der Waals surface area contributed by atoms with Gasteiger partial charge in [0.2, 0.25) is 0 Å². The summed E-state index contributed by atoms with van der Waals surface area (Å²) in [5.74, 6) is -2.71. The van der Waals surface area contributed by atoms with E-state index in [9.17, 15) is 30.3 Å². The van der Waals surface area contributed by atoms with Gasteiger partial charge in [-0.15, -0.1) is 0 Å². The Labute approximate surface area is 210 Å². The molecule has 0 spiro atoms. The molecular formula is C17H32I2O11V. The van der Waals surface area contributed by atoms with Crippen LogP contribution in [0.25, 0.3) is 0 Å². The summed E-state index contributed by atoms with van der Waals surface area (Å²) >= 11 is 4.74. The van der Waals surface area contributed by atoms with E-state index in [1.165, 1.54) is 0 Å². The third-order valence-electron chi connectivity index (χ3n) is 4.84. The fourth-order valence-electron chi connectivity index (χ4n) is 3.22. The molecule has 2 aliphatic rings. The maximum absolute atomic E-state index is 11.3. The zero-order valence-electron chi connectivity index (χ0n) is 17.5. The molecule has 2 saturated heterocycles. The first-order valence-electron chi connectivity index (χ1n) is 9.41. The zero-order chi connectivity index (χ0) is 24.1. The number of aliphatic hydroxyl groups excluding tert-OH is 5. The minimum atomic E-state index is -1.45. The van der Waals surface area contributed by atoms with Crippen LogP contribution in [0.5, 0.6) is 0 Å². The van der Waals surface area contributed by atoms with E-state index in [1.807, 2.05) is 0 Å². The Kier molecular flexibility index (Phi) is 18.2. The van der Waals surface area contributed by atoms with Gasteiger partial charge in [-0.3, -0.25) is 0 Å². The van der Waals surface area contributed by atoms with Crippen molar-refractivity contribution in [1.29, 1.82) is 0 Å². The van der Waals surface area contributed by atoms with Gasteiger partial charge in [0.05, 0.1) is 32.0 Å². The van der Waals surface area contributed by atoms with Crippen LogP contribution in [0.3, 0.4) is 0 Å². The van der Waals surface area contributed by atoms with E-state index in [1.54, 1.807) is 21.1 Å². The van der Waals surface area contributed by atoms with Crippen molar-refractivity contribution in [3.8, 4) is 0 Å². The van der Waals surface area contributed by atoms with Crippen molar-refractivity contribution in [2.45, 2.75) is 56.3 Å². The summed E-state index contributed by atoms with van der Waals surface area (Å²) in [5, 5.41) is 58.3. The van der Waals surface area contributed by atoms with Crippen LogP contribution in [0.15, 0.2) is 0 Å². The molecule has 31 heavy (non-hydrogen) atoms. The van der Waals surface area contributed by atoms with E-state index in [0.29, 0.717) is 15.9 Å². The predicted octanol–water partition coefficient (Wildman–Crippen LogP) is -0.679. The van der Waals surface area contributed by atoms with E-state index in [0.717, 1.165) is 0 Å². The molecule has 0 aromatic heterocycles. The van der Waals surface area contributed by atoms with Crippen molar-refractivity contribution in [2.75, 3.05) is 34.0 Å². The maximum atomic E-state index is 11.3. The number of carbonyl (C=O) groups is 1. The van der Waals surface area contributed by atoms with Gasteiger partial charge in [0, 0.05) is 26.1 Å². The molecule has 2 rings (SSSR count). The second-order valence-corrected chi connectivity index (χ2v) is 18.7. The number of carboxylic acid groups (broad SMARTS) is 1. The molecule has 2 aliphatic heterocycles. The monoisotopic (exact) mass is 717 g/mol. The molecule has 6 N–H and O–H groups in total. The van der Waals surface area contributed by atoms with E-state index in [4.69, 9.17) is 19.3 Å². The first-order chi connectivity index (χ1) is 14.6. The van der Waals surface area contributed by atoms with Gasteiger partial charge in [-0.05, 0) is 6.42 Å². The molecule has 14 heteroatoms. The Morgan fingerprint density at radius 1 is 1.10 bits per heavy atom. The van der Waals surface area contributed by atoms with Gasteiger partial charge in [-0.2, -0.15) is 0 Å². The minimum absolute atomic E-state index is 0.00519. The first-order valence-corrected chi connectivity index (χ1v) is 18.4. The molecule has 2 heterocycles. The van der Waals surface area contributed by atoms with E-state index >= 15 is 0 Å². The summed E-state index contributed by atoms with van der Waals surface area (Å²) in [6.45, 7) is 1.03. The van der Waals surface area contributed by atoms with Crippen molar-refractivity contribution < 1.29 is 63.8 Å². The number of carboxylic acids is 1. The molecular weight excluding hydrogens is 685 g/mol. The number of ether oxygens (including phenoxy) is 4. The summed E-state index contributed by atoms with van der Waals surface area (Å²) in [5.41, 5.74) is 0. The number of aliphatic carboxylic acids is 1. The number of hydrogen-bond donors (Lipinski definition) is 6. The first kappa shape index (κ1) is 32.2. The third kappa shape index (κ3) is 10.1. The standard InChI is InChI=1S/C15H26O10.C2H6O.2HI.V/c1-2-7-10(18)12(20)15(25-13(7)14(21)22)24-5-6-4-23-8(3-16)11(19)9(6)17;1-3-2;;;/h6-13,15-20H,2-5H2,1H3,(H,21,22);1-2H3;2*1H;/q;;;;+2/p-2/t6?,7-,8?,9?,10?,11+,12?,13?,15+;;;;/m0..../s1. The van der Waals surface area contributed by atoms with Gasteiger partial charge < -0.3 is 49.6 Å². The van der Waals surface area contributed by atoms with Gasteiger partial charge in [-0.25, -0.2) is 4.79 Å². The quantitative estimate of drug-likeness (QED) is 0.192. The van der Waals surface area contributed by atoms with Gasteiger partial charge >= 0.3 is 55.4 Å². The number of halogens is 2. The van der Waals surface area contributed by atoms with Gasteiger partial charge in [-0.1, -0.05) is 6.92 Å². The third-order valence-corrected chi connectivity index (χ3v) is 4.84. The fourth-order valence-corrected chi connectivity index (χ4v) is 3.22. The topological polar surface area (TPSA) is 175 Å². The van der Waals surface area contributed by atoms with Crippen molar-refractivity contribution in [2.24, 2.45) is 11.8 Å². The van der Waals surface area contributed by atoms with E-state index < -0.39 is 67.3 Å². The molecule has 0 aromatic rings. The molecule has 0 radical (unpaired) electrons.